The molecule has 8 aromatic rings. The van der Waals surface area contributed by atoms with Crippen LogP contribution in [0.4, 0.5) is 0 Å². The van der Waals surface area contributed by atoms with Crippen molar-refractivity contribution in [2.24, 2.45) is 0 Å². The van der Waals surface area contributed by atoms with Crippen molar-refractivity contribution in [2.45, 2.75) is 0 Å². The van der Waals surface area contributed by atoms with E-state index in [2.05, 4.69) is 150 Å². The monoisotopic (exact) mass is 520 g/mol. The van der Waals surface area contributed by atoms with Crippen LogP contribution in [0.15, 0.2) is 146 Å². The number of para-hydroxylation sites is 2. The molecule has 0 N–H and O–H groups in total. The molecular formula is C39H24N2. The third kappa shape index (κ3) is 3.28. The molecule has 41 heavy (non-hydrogen) atoms. The summed E-state index contributed by atoms with van der Waals surface area (Å²) in [6.45, 7) is 0. The van der Waals surface area contributed by atoms with Gasteiger partial charge in [-0.2, -0.15) is 0 Å². The van der Waals surface area contributed by atoms with Crippen molar-refractivity contribution in [3.8, 4) is 50.5 Å². The highest BCUT2D eigenvalue weighted by atomic mass is 15.0. The Kier molecular flexibility index (Phi) is 4.64. The molecule has 0 radical (unpaired) electrons. The molecule has 0 unspecified atom stereocenters. The first kappa shape index (κ1) is 22.4. The number of hydrogen-bond donors (Lipinski definition) is 0. The number of pyridine rings is 1. The Hall–Kier alpha value is -5.47. The lowest BCUT2D eigenvalue weighted by molar-refractivity contribution is 1.18. The molecule has 2 nitrogen and oxygen atoms in total. The molecule has 0 spiro atoms. The average Bonchev–Trinajstić information content (AvgIpc) is 3.55. The zero-order valence-electron chi connectivity index (χ0n) is 22.3. The number of hydrogen-bond acceptors (Lipinski definition) is 1. The molecule has 190 valence electrons. The van der Waals surface area contributed by atoms with Gasteiger partial charge in [0.15, 0.2) is 0 Å². The maximum absolute atomic E-state index is 5.22. The Morgan fingerprint density at radius 3 is 2.07 bits per heavy atom. The van der Waals surface area contributed by atoms with E-state index in [1.165, 1.54) is 66.1 Å². The van der Waals surface area contributed by atoms with Gasteiger partial charge in [-0.25, -0.2) is 4.98 Å². The largest absolute Gasteiger partial charge is 0.309 e. The van der Waals surface area contributed by atoms with Crippen LogP contribution in [0.5, 0.6) is 0 Å². The Morgan fingerprint density at radius 1 is 0.439 bits per heavy atom. The summed E-state index contributed by atoms with van der Waals surface area (Å²) in [5.74, 6) is 0. The summed E-state index contributed by atoms with van der Waals surface area (Å²) in [6.07, 6.45) is 0. The summed E-state index contributed by atoms with van der Waals surface area (Å²) in [7, 11) is 0. The van der Waals surface area contributed by atoms with E-state index >= 15 is 0 Å². The zero-order chi connectivity index (χ0) is 26.9. The van der Waals surface area contributed by atoms with Crippen LogP contribution in [0.1, 0.15) is 0 Å². The molecule has 1 aliphatic rings. The predicted octanol–water partition coefficient (Wildman–Crippen LogP) is 10.3. The number of aromatic nitrogens is 2. The van der Waals surface area contributed by atoms with E-state index in [-0.39, 0.29) is 0 Å². The van der Waals surface area contributed by atoms with Crippen LogP contribution >= 0.6 is 0 Å². The summed E-state index contributed by atoms with van der Waals surface area (Å²) in [5, 5.41) is 5.10. The Morgan fingerprint density at radius 2 is 1.17 bits per heavy atom. The number of fused-ring (bicyclic) bond motifs is 6. The van der Waals surface area contributed by atoms with Crippen molar-refractivity contribution in [3.63, 3.8) is 0 Å². The second kappa shape index (κ2) is 8.51. The molecule has 2 heterocycles. The van der Waals surface area contributed by atoms with Gasteiger partial charge in [-0.3, -0.25) is 0 Å². The second-order valence-electron chi connectivity index (χ2n) is 10.8. The molecule has 0 aliphatic heterocycles. The fourth-order valence-corrected chi connectivity index (χ4v) is 6.67. The molecule has 0 saturated heterocycles. The van der Waals surface area contributed by atoms with Crippen LogP contribution < -0.4 is 0 Å². The van der Waals surface area contributed by atoms with E-state index in [1.807, 2.05) is 0 Å². The van der Waals surface area contributed by atoms with Crippen LogP contribution in [-0.4, -0.2) is 9.55 Å². The van der Waals surface area contributed by atoms with Crippen LogP contribution in [-0.2, 0) is 0 Å². The zero-order valence-corrected chi connectivity index (χ0v) is 22.3. The standard InChI is InChI=1S/C39H24N2/c1-2-13-29(14-3-1)41-36-18-5-4-15-30(36)34-24-27(19-22-37(34)41)26-11-6-12-28(23-26)35-21-20-32-31-16-7-9-25-10-8-17-33(38(25)31)39(32)40-35/h1-24H. The molecule has 0 atom stereocenters. The van der Waals surface area contributed by atoms with Gasteiger partial charge < -0.3 is 4.57 Å². The molecule has 6 aromatic carbocycles. The molecule has 1 aliphatic carbocycles. The summed E-state index contributed by atoms with van der Waals surface area (Å²) >= 11 is 0. The van der Waals surface area contributed by atoms with Gasteiger partial charge in [0.05, 0.1) is 22.4 Å². The Bertz CT molecular complexity index is 2300. The van der Waals surface area contributed by atoms with Crippen molar-refractivity contribution in [1.82, 2.24) is 9.55 Å². The van der Waals surface area contributed by atoms with Gasteiger partial charge in [0, 0.05) is 33.2 Å². The van der Waals surface area contributed by atoms with Crippen molar-refractivity contribution < 1.29 is 0 Å². The summed E-state index contributed by atoms with van der Waals surface area (Å²) < 4.78 is 2.36. The Labute approximate surface area is 237 Å². The number of nitrogens with zero attached hydrogens (tertiary/aromatic N) is 2. The molecular weight excluding hydrogens is 496 g/mol. The lowest BCUT2D eigenvalue weighted by atomic mass is 9.99. The lowest BCUT2D eigenvalue weighted by Crippen LogP contribution is -1.92. The summed E-state index contributed by atoms with van der Waals surface area (Å²) in [4.78, 5) is 5.22. The fraction of sp³-hybridized carbons (Fsp3) is 0. The number of benzene rings is 6. The SMILES string of the molecule is c1ccc(-n2c3ccccc3c3cc(-c4cccc(-c5ccc6c(n5)-c5cccc7cccc-6c57)c4)ccc32)cc1. The topological polar surface area (TPSA) is 17.8 Å². The van der Waals surface area contributed by atoms with Crippen molar-refractivity contribution >= 4 is 32.6 Å². The molecule has 2 heteroatoms. The molecule has 0 saturated carbocycles. The molecule has 9 rings (SSSR count). The van der Waals surface area contributed by atoms with E-state index < -0.39 is 0 Å². The first-order chi connectivity index (χ1) is 20.3. The van der Waals surface area contributed by atoms with E-state index in [0.717, 1.165) is 17.0 Å². The molecule has 0 bridgehead atoms. The average molecular weight is 521 g/mol. The molecule has 0 fully saturated rings. The van der Waals surface area contributed by atoms with E-state index in [4.69, 9.17) is 4.98 Å². The van der Waals surface area contributed by atoms with E-state index in [1.54, 1.807) is 0 Å². The van der Waals surface area contributed by atoms with Crippen LogP contribution in [0, 0.1) is 0 Å². The lowest BCUT2D eigenvalue weighted by Gasteiger charge is -2.10. The third-order valence-electron chi connectivity index (χ3n) is 8.52. The third-order valence-corrected chi connectivity index (χ3v) is 8.52. The first-order valence-electron chi connectivity index (χ1n) is 14.1. The molecule has 2 aromatic heterocycles. The van der Waals surface area contributed by atoms with Gasteiger partial charge in [-0.1, -0.05) is 97.1 Å². The van der Waals surface area contributed by atoms with Gasteiger partial charge in [0.2, 0.25) is 0 Å². The van der Waals surface area contributed by atoms with Crippen LogP contribution in [0.25, 0.3) is 83.0 Å². The smallest absolute Gasteiger partial charge is 0.0794 e. The minimum atomic E-state index is 0.997. The maximum Gasteiger partial charge on any atom is 0.0794 e. The minimum Gasteiger partial charge on any atom is -0.309 e. The highest BCUT2D eigenvalue weighted by Gasteiger charge is 2.23. The van der Waals surface area contributed by atoms with Crippen molar-refractivity contribution in [2.75, 3.05) is 0 Å². The normalized spacial score (nSPS) is 11.9. The van der Waals surface area contributed by atoms with Gasteiger partial charge in [0.25, 0.3) is 0 Å². The second-order valence-corrected chi connectivity index (χ2v) is 10.8. The van der Waals surface area contributed by atoms with E-state index in [9.17, 15) is 0 Å². The van der Waals surface area contributed by atoms with Gasteiger partial charge in [-0.15, -0.1) is 0 Å². The summed E-state index contributed by atoms with van der Waals surface area (Å²) in [6, 6.07) is 52.4. The highest BCUT2D eigenvalue weighted by molar-refractivity contribution is 6.14. The van der Waals surface area contributed by atoms with Gasteiger partial charge >= 0.3 is 0 Å². The maximum atomic E-state index is 5.22. The van der Waals surface area contributed by atoms with Crippen LogP contribution in [0.3, 0.4) is 0 Å². The fourth-order valence-electron chi connectivity index (χ4n) is 6.67. The van der Waals surface area contributed by atoms with Crippen LogP contribution in [0.2, 0.25) is 0 Å². The van der Waals surface area contributed by atoms with E-state index in [0.29, 0.717) is 0 Å². The number of rotatable bonds is 3. The highest BCUT2D eigenvalue weighted by Crippen LogP contribution is 2.46. The minimum absolute atomic E-state index is 0.997. The van der Waals surface area contributed by atoms with Crippen molar-refractivity contribution in [3.05, 3.63) is 146 Å². The quantitative estimate of drug-likeness (QED) is 0.227. The first-order valence-corrected chi connectivity index (χ1v) is 14.1. The van der Waals surface area contributed by atoms with Crippen molar-refractivity contribution in [1.29, 1.82) is 0 Å². The Balaban J connectivity index is 1.17. The predicted molar refractivity (Wildman–Crippen MR) is 171 cm³/mol. The van der Waals surface area contributed by atoms with Gasteiger partial charge in [0.1, 0.15) is 0 Å². The van der Waals surface area contributed by atoms with Gasteiger partial charge in [-0.05, 0) is 76.0 Å². The molecule has 0 amide bonds. The summed E-state index contributed by atoms with van der Waals surface area (Å²) in [5.41, 5.74) is 12.9.